The molecule has 0 bridgehead atoms. The average molecular weight is 379 g/mol. The second kappa shape index (κ2) is 8.09. The minimum absolute atomic E-state index is 0.364. The summed E-state index contributed by atoms with van der Waals surface area (Å²) >= 11 is 11.9. The fourth-order valence-electron chi connectivity index (χ4n) is 2.21. The van der Waals surface area contributed by atoms with E-state index in [-0.39, 0.29) is 0 Å². The first-order chi connectivity index (χ1) is 12.2. The second-order valence-corrected chi connectivity index (χ2v) is 6.02. The molecule has 8 heteroatoms. The van der Waals surface area contributed by atoms with Crippen molar-refractivity contribution in [3.63, 3.8) is 0 Å². The molecule has 6 nitrogen and oxygen atoms in total. The van der Waals surface area contributed by atoms with Crippen LogP contribution in [0.4, 0.5) is 5.95 Å². The highest BCUT2D eigenvalue weighted by atomic mass is 35.5. The van der Waals surface area contributed by atoms with Gasteiger partial charge in [0.05, 0.1) is 17.2 Å². The summed E-state index contributed by atoms with van der Waals surface area (Å²) < 4.78 is 11.3. The van der Waals surface area contributed by atoms with Crippen LogP contribution in [0.1, 0.15) is 11.1 Å². The highest BCUT2D eigenvalue weighted by Gasteiger charge is 2.08. The molecule has 0 unspecified atom stereocenters. The summed E-state index contributed by atoms with van der Waals surface area (Å²) in [5.74, 6) is 1.91. The number of benzene rings is 2. The van der Waals surface area contributed by atoms with Gasteiger partial charge in [-0.25, -0.2) is 10.1 Å². The van der Waals surface area contributed by atoms with Crippen molar-refractivity contribution < 1.29 is 9.47 Å². The number of ether oxygens (including phenoxy) is 2. The SMILES string of the molecule is COc1cc(CNc2ncn[nH]2)ccc1OCc1ccc(Cl)c(Cl)c1. The van der Waals surface area contributed by atoms with E-state index in [0.717, 1.165) is 11.1 Å². The van der Waals surface area contributed by atoms with Gasteiger partial charge in [0.15, 0.2) is 11.5 Å². The number of hydrogen-bond donors (Lipinski definition) is 2. The first-order valence-electron chi connectivity index (χ1n) is 7.48. The maximum atomic E-state index is 6.02. The number of methoxy groups -OCH3 is 1. The highest BCUT2D eigenvalue weighted by molar-refractivity contribution is 6.42. The van der Waals surface area contributed by atoms with Crippen LogP contribution < -0.4 is 14.8 Å². The molecule has 0 amide bonds. The molecule has 0 atom stereocenters. The van der Waals surface area contributed by atoms with E-state index >= 15 is 0 Å². The molecule has 0 saturated heterocycles. The lowest BCUT2D eigenvalue weighted by molar-refractivity contribution is 0.284. The summed E-state index contributed by atoms with van der Waals surface area (Å²) in [4.78, 5) is 4.01. The zero-order valence-corrected chi connectivity index (χ0v) is 14.9. The second-order valence-electron chi connectivity index (χ2n) is 5.21. The predicted molar refractivity (Wildman–Crippen MR) is 97.5 cm³/mol. The number of aromatic amines is 1. The Morgan fingerprint density at radius 2 is 1.88 bits per heavy atom. The first kappa shape index (κ1) is 17.4. The number of hydrogen-bond acceptors (Lipinski definition) is 5. The largest absolute Gasteiger partial charge is 0.493 e. The minimum atomic E-state index is 0.364. The van der Waals surface area contributed by atoms with Crippen molar-refractivity contribution in [2.24, 2.45) is 0 Å². The fourth-order valence-corrected chi connectivity index (χ4v) is 2.53. The maximum Gasteiger partial charge on any atom is 0.218 e. The van der Waals surface area contributed by atoms with Crippen molar-refractivity contribution in [3.8, 4) is 11.5 Å². The Balaban J connectivity index is 1.65. The van der Waals surface area contributed by atoms with Crippen LogP contribution in [0.25, 0.3) is 0 Å². The lowest BCUT2D eigenvalue weighted by Gasteiger charge is -2.13. The Morgan fingerprint density at radius 3 is 2.60 bits per heavy atom. The number of rotatable bonds is 7. The van der Waals surface area contributed by atoms with E-state index in [0.29, 0.717) is 40.6 Å². The lowest BCUT2D eigenvalue weighted by atomic mass is 10.2. The molecule has 3 rings (SSSR count). The molecule has 0 aliphatic rings. The van der Waals surface area contributed by atoms with Gasteiger partial charge in [0, 0.05) is 6.54 Å². The molecular formula is C17H16Cl2N4O2. The Kier molecular flexibility index (Phi) is 5.63. The van der Waals surface area contributed by atoms with Gasteiger partial charge in [-0.2, -0.15) is 5.10 Å². The van der Waals surface area contributed by atoms with E-state index in [1.807, 2.05) is 24.3 Å². The normalized spacial score (nSPS) is 10.5. The zero-order chi connectivity index (χ0) is 17.6. The van der Waals surface area contributed by atoms with Gasteiger partial charge >= 0.3 is 0 Å². The molecule has 1 aromatic heterocycles. The van der Waals surface area contributed by atoms with Crippen LogP contribution in [0.2, 0.25) is 10.0 Å². The van der Waals surface area contributed by atoms with Gasteiger partial charge in [-0.3, -0.25) is 0 Å². The summed E-state index contributed by atoms with van der Waals surface area (Å²) in [5, 5.41) is 10.7. The summed E-state index contributed by atoms with van der Waals surface area (Å²) in [7, 11) is 1.61. The van der Waals surface area contributed by atoms with Crippen LogP contribution in [0.5, 0.6) is 11.5 Å². The van der Waals surface area contributed by atoms with Crippen molar-refractivity contribution >= 4 is 29.2 Å². The predicted octanol–water partition coefficient (Wildman–Crippen LogP) is 4.31. The lowest BCUT2D eigenvalue weighted by Crippen LogP contribution is -2.03. The molecule has 1 heterocycles. The monoisotopic (exact) mass is 378 g/mol. The molecule has 0 saturated carbocycles. The van der Waals surface area contributed by atoms with Crippen molar-refractivity contribution in [1.82, 2.24) is 15.2 Å². The Bertz CT molecular complexity index is 841. The zero-order valence-electron chi connectivity index (χ0n) is 13.4. The van der Waals surface area contributed by atoms with Crippen LogP contribution in [-0.2, 0) is 13.2 Å². The molecule has 25 heavy (non-hydrogen) atoms. The van der Waals surface area contributed by atoms with E-state index in [1.165, 1.54) is 6.33 Å². The molecule has 0 spiro atoms. The van der Waals surface area contributed by atoms with E-state index in [2.05, 4.69) is 20.5 Å². The van der Waals surface area contributed by atoms with E-state index in [4.69, 9.17) is 32.7 Å². The number of anilines is 1. The van der Waals surface area contributed by atoms with Gasteiger partial charge in [-0.1, -0.05) is 35.3 Å². The van der Waals surface area contributed by atoms with Gasteiger partial charge in [-0.15, -0.1) is 0 Å². The van der Waals surface area contributed by atoms with Crippen LogP contribution in [0.15, 0.2) is 42.7 Å². The van der Waals surface area contributed by atoms with Crippen LogP contribution >= 0.6 is 23.2 Å². The third kappa shape index (κ3) is 4.55. The molecular weight excluding hydrogens is 363 g/mol. The third-order valence-electron chi connectivity index (χ3n) is 3.48. The van der Waals surface area contributed by atoms with Gasteiger partial charge in [-0.05, 0) is 35.4 Å². The van der Waals surface area contributed by atoms with Gasteiger partial charge < -0.3 is 14.8 Å². The van der Waals surface area contributed by atoms with Gasteiger partial charge in [0.1, 0.15) is 12.9 Å². The standard InChI is InChI=1S/C17H16Cl2N4O2/c1-24-16-7-11(8-20-17-21-10-22-23-17)3-5-15(16)25-9-12-2-4-13(18)14(19)6-12/h2-7,10H,8-9H2,1H3,(H2,20,21,22,23). The molecule has 0 radical (unpaired) electrons. The smallest absolute Gasteiger partial charge is 0.218 e. The number of aromatic nitrogens is 3. The maximum absolute atomic E-state index is 6.02. The topological polar surface area (TPSA) is 72.1 Å². The van der Waals surface area contributed by atoms with Crippen LogP contribution in [0.3, 0.4) is 0 Å². The van der Waals surface area contributed by atoms with Crippen molar-refractivity contribution in [1.29, 1.82) is 0 Å². The third-order valence-corrected chi connectivity index (χ3v) is 4.22. The quantitative estimate of drug-likeness (QED) is 0.640. The van der Waals surface area contributed by atoms with Gasteiger partial charge in [0.25, 0.3) is 0 Å². The number of halogens is 2. The molecule has 130 valence electrons. The van der Waals surface area contributed by atoms with Crippen molar-refractivity contribution in [3.05, 3.63) is 63.9 Å². The highest BCUT2D eigenvalue weighted by Crippen LogP contribution is 2.30. The van der Waals surface area contributed by atoms with E-state index < -0.39 is 0 Å². The number of nitrogens with zero attached hydrogens (tertiary/aromatic N) is 2. The van der Waals surface area contributed by atoms with Crippen LogP contribution in [0, 0.1) is 0 Å². The summed E-state index contributed by atoms with van der Waals surface area (Å²) in [6.07, 6.45) is 1.45. The Labute approximate surface area is 155 Å². The number of nitrogens with one attached hydrogen (secondary N) is 2. The van der Waals surface area contributed by atoms with Crippen molar-refractivity contribution in [2.75, 3.05) is 12.4 Å². The van der Waals surface area contributed by atoms with Crippen LogP contribution in [-0.4, -0.2) is 22.3 Å². The molecule has 2 aromatic carbocycles. The van der Waals surface area contributed by atoms with Crippen molar-refractivity contribution in [2.45, 2.75) is 13.2 Å². The Morgan fingerprint density at radius 1 is 1.04 bits per heavy atom. The summed E-state index contributed by atoms with van der Waals surface area (Å²) in [5.41, 5.74) is 1.95. The molecule has 2 N–H and O–H groups in total. The summed E-state index contributed by atoms with van der Waals surface area (Å²) in [6, 6.07) is 11.1. The Hall–Kier alpha value is -2.44. The molecule has 0 fully saturated rings. The number of H-pyrrole nitrogens is 1. The first-order valence-corrected chi connectivity index (χ1v) is 8.24. The minimum Gasteiger partial charge on any atom is -0.493 e. The molecule has 0 aliphatic heterocycles. The fraction of sp³-hybridized carbons (Fsp3) is 0.176. The summed E-state index contributed by atoms with van der Waals surface area (Å²) in [6.45, 7) is 0.946. The van der Waals surface area contributed by atoms with E-state index in [1.54, 1.807) is 19.2 Å². The van der Waals surface area contributed by atoms with Gasteiger partial charge in [0.2, 0.25) is 5.95 Å². The molecule has 0 aliphatic carbocycles. The molecule has 3 aromatic rings. The van der Waals surface area contributed by atoms with E-state index in [9.17, 15) is 0 Å². The average Bonchev–Trinajstić information content (AvgIpc) is 3.15.